The Morgan fingerprint density at radius 3 is 2.62 bits per heavy atom. The number of hydrogen-bond donors (Lipinski definition) is 0. The van der Waals surface area contributed by atoms with E-state index in [4.69, 9.17) is 4.52 Å². The Kier molecular flexibility index (Phi) is 5.58. The highest BCUT2D eigenvalue weighted by molar-refractivity contribution is 5.94. The van der Waals surface area contributed by atoms with Crippen LogP contribution in [0, 0.1) is 12.8 Å². The second kappa shape index (κ2) is 8.83. The quantitative estimate of drug-likeness (QED) is 0.454. The summed E-state index contributed by atoms with van der Waals surface area (Å²) in [6, 6.07) is 19.8. The molecule has 3 heterocycles. The smallest absolute Gasteiger partial charge is 0.253 e. The molecule has 0 spiro atoms. The van der Waals surface area contributed by atoms with Crippen molar-refractivity contribution in [1.29, 1.82) is 0 Å². The molecule has 6 heteroatoms. The van der Waals surface area contributed by atoms with Gasteiger partial charge in [-0.2, -0.15) is 4.98 Å². The summed E-state index contributed by atoms with van der Waals surface area (Å²) in [6.07, 6.45) is 6.71. The molecule has 6 nitrogen and oxygen atoms in total. The molecule has 0 N–H and O–H groups in total. The molecule has 0 aliphatic carbocycles. The fourth-order valence-corrected chi connectivity index (χ4v) is 4.40. The van der Waals surface area contributed by atoms with Crippen LogP contribution in [-0.2, 0) is 6.42 Å². The number of piperidine rings is 1. The van der Waals surface area contributed by atoms with Crippen LogP contribution in [0.3, 0.4) is 0 Å². The number of carbonyl (C=O) groups is 1. The van der Waals surface area contributed by atoms with Gasteiger partial charge in [0, 0.05) is 48.7 Å². The van der Waals surface area contributed by atoms with Crippen molar-refractivity contribution in [1.82, 2.24) is 19.6 Å². The minimum Gasteiger partial charge on any atom is -0.339 e. The fourth-order valence-electron chi connectivity index (χ4n) is 4.40. The van der Waals surface area contributed by atoms with Crippen LogP contribution in [0.15, 0.2) is 77.6 Å². The first-order valence-corrected chi connectivity index (χ1v) is 11.1. The third-order valence-electron chi connectivity index (χ3n) is 6.14. The van der Waals surface area contributed by atoms with Crippen molar-refractivity contribution < 1.29 is 9.32 Å². The zero-order chi connectivity index (χ0) is 21.9. The summed E-state index contributed by atoms with van der Waals surface area (Å²) < 4.78 is 7.57. The van der Waals surface area contributed by atoms with Crippen LogP contribution in [0.25, 0.3) is 17.1 Å². The zero-order valence-corrected chi connectivity index (χ0v) is 18.1. The second-order valence-corrected chi connectivity index (χ2v) is 8.43. The fraction of sp³-hybridized carbons (Fsp3) is 0.269. The van der Waals surface area contributed by atoms with E-state index in [9.17, 15) is 4.79 Å². The molecule has 1 aliphatic heterocycles. The first-order valence-electron chi connectivity index (χ1n) is 11.1. The van der Waals surface area contributed by atoms with Gasteiger partial charge in [0.2, 0.25) is 11.7 Å². The predicted octanol–water partition coefficient (Wildman–Crippen LogP) is 4.93. The number of amides is 1. The van der Waals surface area contributed by atoms with Gasteiger partial charge in [0.25, 0.3) is 5.91 Å². The summed E-state index contributed by atoms with van der Waals surface area (Å²) in [5.41, 5.74) is 3.88. The molecule has 0 saturated carbocycles. The molecule has 1 aliphatic rings. The number of hydrogen-bond acceptors (Lipinski definition) is 4. The number of aromatic nitrogens is 3. The number of carbonyl (C=O) groups excluding carboxylic acids is 1. The van der Waals surface area contributed by atoms with Gasteiger partial charge in [-0.15, -0.1) is 0 Å². The summed E-state index contributed by atoms with van der Waals surface area (Å²) in [5.74, 6) is 1.67. The molecular weight excluding hydrogens is 400 g/mol. The minimum absolute atomic E-state index is 0.0832. The molecule has 5 rings (SSSR count). The average Bonchev–Trinajstić information content (AvgIpc) is 3.52. The van der Waals surface area contributed by atoms with Gasteiger partial charge in [0.05, 0.1) is 0 Å². The third-order valence-corrected chi connectivity index (χ3v) is 6.14. The summed E-state index contributed by atoms with van der Waals surface area (Å²) in [7, 11) is 0. The van der Waals surface area contributed by atoms with E-state index < -0.39 is 0 Å². The molecule has 4 aromatic rings. The van der Waals surface area contributed by atoms with E-state index in [0.29, 0.717) is 30.6 Å². The Balaban J connectivity index is 1.24. The van der Waals surface area contributed by atoms with Gasteiger partial charge in [-0.1, -0.05) is 29.4 Å². The van der Waals surface area contributed by atoms with E-state index in [1.807, 2.05) is 89.4 Å². The normalized spacial score (nSPS) is 16.3. The van der Waals surface area contributed by atoms with E-state index in [2.05, 4.69) is 10.1 Å². The lowest BCUT2D eigenvalue weighted by molar-refractivity contribution is 0.0668. The van der Waals surface area contributed by atoms with E-state index in [1.165, 1.54) is 0 Å². The lowest BCUT2D eigenvalue weighted by Crippen LogP contribution is -2.40. The molecule has 32 heavy (non-hydrogen) atoms. The van der Waals surface area contributed by atoms with Crippen molar-refractivity contribution in [2.24, 2.45) is 5.92 Å². The molecule has 0 bridgehead atoms. The average molecular weight is 427 g/mol. The van der Waals surface area contributed by atoms with Crippen molar-refractivity contribution >= 4 is 5.91 Å². The van der Waals surface area contributed by atoms with Gasteiger partial charge in [-0.3, -0.25) is 4.79 Å². The zero-order valence-electron chi connectivity index (χ0n) is 18.1. The van der Waals surface area contributed by atoms with E-state index >= 15 is 0 Å². The van der Waals surface area contributed by atoms with Crippen molar-refractivity contribution in [3.8, 4) is 17.1 Å². The number of rotatable bonds is 5. The Hall–Kier alpha value is -3.67. The van der Waals surface area contributed by atoms with Crippen LogP contribution in [0.5, 0.6) is 0 Å². The number of aryl methyl sites for hydroxylation is 1. The molecule has 0 radical (unpaired) electrons. The lowest BCUT2D eigenvalue weighted by atomic mass is 9.94. The summed E-state index contributed by atoms with van der Waals surface area (Å²) in [6.45, 7) is 3.54. The molecule has 2 aromatic carbocycles. The van der Waals surface area contributed by atoms with Gasteiger partial charge in [-0.05, 0) is 67.6 Å². The second-order valence-electron chi connectivity index (χ2n) is 8.43. The Morgan fingerprint density at radius 2 is 1.84 bits per heavy atom. The largest absolute Gasteiger partial charge is 0.339 e. The maximum absolute atomic E-state index is 13.1. The van der Waals surface area contributed by atoms with Crippen molar-refractivity contribution in [3.05, 3.63) is 90.1 Å². The van der Waals surface area contributed by atoms with Crippen LogP contribution in [0.1, 0.15) is 34.7 Å². The molecule has 162 valence electrons. The standard InChI is InChI=1S/C26H26N4O2/c1-19-7-2-3-9-23(19)25-27-24(32-28-25)17-20-8-6-16-30(18-20)26(31)21-10-12-22(13-11-21)29-14-4-5-15-29/h2-5,7,9-15,20H,6,8,16-18H2,1H3/t20-/m1/s1. The summed E-state index contributed by atoms with van der Waals surface area (Å²) in [5, 5.41) is 4.18. The molecule has 1 fully saturated rings. The highest BCUT2D eigenvalue weighted by Crippen LogP contribution is 2.25. The van der Waals surface area contributed by atoms with E-state index in [0.717, 1.165) is 41.8 Å². The lowest BCUT2D eigenvalue weighted by Gasteiger charge is -2.32. The molecule has 0 unspecified atom stereocenters. The topological polar surface area (TPSA) is 64.2 Å². The van der Waals surface area contributed by atoms with E-state index in [-0.39, 0.29) is 5.91 Å². The highest BCUT2D eigenvalue weighted by Gasteiger charge is 2.26. The van der Waals surface area contributed by atoms with Gasteiger partial charge >= 0.3 is 0 Å². The first-order chi connectivity index (χ1) is 15.7. The van der Waals surface area contributed by atoms with Gasteiger partial charge in [-0.25, -0.2) is 0 Å². The molecule has 1 saturated heterocycles. The highest BCUT2D eigenvalue weighted by atomic mass is 16.5. The van der Waals surface area contributed by atoms with Crippen LogP contribution in [0.2, 0.25) is 0 Å². The maximum atomic E-state index is 13.1. The molecule has 1 atom stereocenters. The van der Waals surface area contributed by atoms with Gasteiger partial charge < -0.3 is 14.0 Å². The minimum atomic E-state index is 0.0832. The summed E-state index contributed by atoms with van der Waals surface area (Å²) >= 11 is 0. The van der Waals surface area contributed by atoms with Crippen LogP contribution in [-0.4, -0.2) is 38.6 Å². The Morgan fingerprint density at radius 1 is 1.06 bits per heavy atom. The van der Waals surface area contributed by atoms with Crippen molar-refractivity contribution in [2.45, 2.75) is 26.2 Å². The molecular formula is C26H26N4O2. The Bertz CT molecular complexity index is 1190. The van der Waals surface area contributed by atoms with Crippen LogP contribution >= 0.6 is 0 Å². The third kappa shape index (κ3) is 4.21. The number of benzene rings is 2. The SMILES string of the molecule is Cc1ccccc1-c1noc(C[C@H]2CCCN(C(=O)c3ccc(-n4cccc4)cc3)C2)n1. The van der Waals surface area contributed by atoms with E-state index in [1.54, 1.807) is 0 Å². The van der Waals surface area contributed by atoms with Gasteiger partial charge in [0.1, 0.15) is 0 Å². The number of likely N-dealkylation sites (tertiary alicyclic amines) is 1. The number of nitrogens with zero attached hydrogens (tertiary/aromatic N) is 4. The Labute approximate surface area is 187 Å². The predicted molar refractivity (Wildman–Crippen MR) is 123 cm³/mol. The monoisotopic (exact) mass is 426 g/mol. The van der Waals surface area contributed by atoms with Crippen molar-refractivity contribution in [3.63, 3.8) is 0 Å². The van der Waals surface area contributed by atoms with Crippen LogP contribution < -0.4 is 0 Å². The van der Waals surface area contributed by atoms with Crippen molar-refractivity contribution in [2.75, 3.05) is 13.1 Å². The molecule has 1 amide bonds. The molecule has 2 aromatic heterocycles. The van der Waals surface area contributed by atoms with Crippen LogP contribution in [0.4, 0.5) is 0 Å². The maximum Gasteiger partial charge on any atom is 0.253 e. The van der Waals surface area contributed by atoms with Gasteiger partial charge in [0.15, 0.2) is 0 Å². The summed E-state index contributed by atoms with van der Waals surface area (Å²) in [4.78, 5) is 19.7. The first kappa shape index (κ1) is 20.2.